The third kappa shape index (κ3) is 9.94. The molecule has 0 aliphatic carbocycles. The number of nitrogens with one attached hydrogen (secondary N) is 3. The van der Waals surface area contributed by atoms with Gasteiger partial charge in [0.25, 0.3) is 5.91 Å². The van der Waals surface area contributed by atoms with E-state index in [0.717, 1.165) is 16.5 Å². The van der Waals surface area contributed by atoms with E-state index in [2.05, 4.69) is 66.7 Å². The number of aromatic amines is 1. The van der Waals surface area contributed by atoms with Gasteiger partial charge in [0.1, 0.15) is 5.75 Å². The van der Waals surface area contributed by atoms with Crippen LogP contribution in [0.5, 0.6) is 5.75 Å². The molecule has 52 heavy (non-hydrogen) atoms. The number of H-pyrrole nitrogens is 1. The average Bonchev–Trinajstić information content (AvgIpc) is 3.77. The van der Waals surface area contributed by atoms with Crippen LogP contribution in [0.1, 0.15) is 48.7 Å². The van der Waals surface area contributed by atoms with E-state index in [1.807, 2.05) is 18.3 Å². The first kappa shape index (κ1) is 38.4. The van der Waals surface area contributed by atoms with Crippen LogP contribution in [0, 0.1) is 23.7 Å². The Morgan fingerprint density at radius 3 is 2.37 bits per heavy atom. The number of ether oxygens (including phenoxy) is 1. The quantitative estimate of drug-likeness (QED) is 0.182. The largest absolute Gasteiger partial charge is 0.493 e. The molecular formula is C41H50ClN5O5. The molecule has 0 radical (unpaired) electrons. The molecule has 0 bridgehead atoms. The molecule has 0 saturated carbocycles. The number of rotatable bonds is 11. The van der Waals surface area contributed by atoms with Crippen molar-refractivity contribution in [2.24, 2.45) is 23.7 Å². The van der Waals surface area contributed by atoms with Gasteiger partial charge in [0, 0.05) is 60.9 Å². The smallest absolute Gasteiger partial charge is 0.253 e. The first-order chi connectivity index (χ1) is 25.1. The number of hydrogen-bond donors (Lipinski definition) is 3. The highest BCUT2D eigenvalue weighted by Crippen LogP contribution is 2.37. The maximum absolute atomic E-state index is 13.6. The minimum atomic E-state index is -0.557. The van der Waals surface area contributed by atoms with Crippen LogP contribution in [0.15, 0.2) is 79.0 Å². The van der Waals surface area contributed by atoms with Gasteiger partial charge in [-0.3, -0.25) is 19.2 Å². The van der Waals surface area contributed by atoms with Gasteiger partial charge in [-0.15, -0.1) is 0 Å². The van der Waals surface area contributed by atoms with Gasteiger partial charge in [0.05, 0.1) is 25.5 Å². The summed E-state index contributed by atoms with van der Waals surface area (Å²) in [6.07, 6.45) is 4.43. The molecule has 3 aromatic carbocycles. The molecule has 3 heterocycles. The summed E-state index contributed by atoms with van der Waals surface area (Å²) in [5.74, 6) is -0.488. The maximum Gasteiger partial charge on any atom is 0.253 e. The normalized spacial score (nSPS) is 18.0. The maximum atomic E-state index is 13.6. The van der Waals surface area contributed by atoms with E-state index in [-0.39, 0.29) is 55.0 Å². The lowest BCUT2D eigenvalue weighted by Crippen LogP contribution is -2.54. The first-order valence-corrected chi connectivity index (χ1v) is 18.5. The lowest BCUT2D eigenvalue weighted by Gasteiger charge is -2.39. The third-order valence-corrected chi connectivity index (χ3v) is 9.93. The van der Waals surface area contributed by atoms with Crippen molar-refractivity contribution in [3.8, 4) is 5.75 Å². The number of fused-ring (bicyclic) bond motifs is 2. The van der Waals surface area contributed by atoms with Crippen molar-refractivity contribution in [2.45, 2.75) is 40.0 Å². The van der Waals surface area contributed by atoms with E-state index in [4.69, 9.17) is 16.3 Å². The predicted octanol–water partition coefficient (Wildman–Crippen LogP) is 5.75. The molecule has 1 aromatic heterocycles. The van der Waals surface area contributed by atoms with Crippen molar-refractivity contribution in [1.29, 1.82) is 0 Å². The Labute approximate surface area is 311 Å². The molecule has 0 spiro atoms. The standard InChI is InChI=1S/C32H38ClN5O5.C9H12/c1-19(2)18-43-24-7-4-20(5-8-24)32(42)38-15-22-14-37(17-27(26(22)16-38)31(41)36-13-29(39)34-3)30(40)10-21-12-35-28-11-23(33)6-9-25(21)28;1-2-6-9-7-4-3-5-8-9/h4-9,11-12,19,22,26-27,35H,10,13-18H2,1-3H3,(H,34,39)(H,36,41);3-5,7-8H,2,6H2,1H3. The van der Waals surface area contributed by atoms with Crippen LogP contribution in [0.2, 0.25) is 5.02 Å². The van der Waals surface area contributed by atoms with Crippen LogP contribution < -0.4 is 15.4 Å². The number of carbonyl (C=O) groups is 4. The van der Waals surface area contributed by atoms with Crippen LogP contribution in [0.4, 0.5) is 0 Å². The van der Waals surface area contributed by atoms with E-state index >= 15 is 0 Å². The van der Waals surface area contributed by atoms with E-state index in [1.165, 1.54) is 25.5 Å². The Kier molecular flexibility index (Phi) is 13.4. The van der Waals surface area contributed by atoms with E-state index in [0.29, 0.717) is 48.5 Å². The Balaban J connectivity index is 0.000000507. The Bertz CT molecular complexity index is 1830. The summed E-state index contributed by atoms with van der Waals surface area (Å²) < 4.78 is 5.75. The fourth-order valence-electron chi connectivity index (χ4n) is 6.96. The summed E-state index contributed by atoms with van der Waals surface area (Å²) in [7, 11) is 1.51. The Morgan fingerprint density at radius 1 is 0.942 bits per heavy atom. The number of aryl methyl sites for hydroxylation is 1. The summed E-state index contributed by atoms with van der Waals surface area (Å²) >= 11 is 6.12. The molecule has 3 unspecified atom stereocenters. The molecule has 2 saturated heterocycles. The number of benzene rings is 3. The first-order valence-electron chi connectivity index (χ1n) is 18.1. The van der Waals surface area contributed by atoms with Gasteiger partial charge in [-0.25, -0.2) is 0 Å². The van der Waals surface area contributed by atoms with Gasteiger partial charge < -0.3 is 30.2 Å². The van der Waals surface area contributed by atoms with E-state index in [9.17, 15) is 19.2 Å². The lowest BCUT2D eigenvalue weighted by atomic mass is 9.79. The molecule has 2 aliphatic rings. The van der Waals surface area contributed by atoms with Crippen molar-refractivity contribution < 1.29 is 23.9 Å². The number of amides is 4. The third-order valence-electron chi connectivity index (χ3n) is 9.70. The predicted molar refractivity (Wildman–Crippen MR) is 204 cm³/mol. The molecule has 6 rings (SSSR count). The van der Waals surface area contributed by atoms with Crippen LogP contribution in [-0.2, 0) is 27.2 Å². The number of nitrogens with zero attached hydrogens (tertiary/aromatic N) is 2. The molecule has 2 fully saturated rings. The summed E-state index contributed by atoms with van der Waals surface area (Å²) in [6, 6.07) is 23.2. The van der Waals surface area contributed by atoms with Gasteiger partial charge in [0.2, 0.25) is 17.7 Å². The highest BCUT2D eigenvalue weighted by molar-refractivity contribution is 6.31. The number of piperidine rings is 1. The lowest BCUT2D eigenvalue weighted by molar-refractivity contribution is -0.139. The molecule has 3 atom stereocenters. The highest BCUT2D eigenvalue weighted by atomic mass is 35.5. The molecule has 276 valence electrons. The number of likely N-dealkylation sites (tertiary alicyclic amines) is 2. The summed E-state index contributed by atoms with van der Waals surface area (Å²) in [4.78, 5) is 59.0. The van der Waals surface area contributed by atoms with Gasteiger partial charge >= 0.3 is 0 Å². The zero-order valence-corrected chi connectivity index (χ0v) is 31.2. The second kappa shape index (κ2) is 18.1. The van der Waals surface area contributed by atoms with Crippen LogP contribution >= 0.6 is 11.6 Å². The monoisotopic (exact) mass is 727 g/mol. The van der Waals surface area contributed by atoms with Gasteiger partial charge in [0.15, 0.2) is 0 Å². The van der Waals surface area contributed by atoms with E-state index < -0.39 is 5.92 Å². The fraction of sp³-hybridized carbons (Fsp3) is 0.415. The SMILES string of the molecule is CCCc1ccccc1.CNC(=O)CNC(=O)C1CN(C(=O)Cc2c[nH]c3cc(Cl)ccc23)CC2CN(C(=O)c3ccc(OCC(C)C)cc3)CC21. The second-order valence-corrected chi connectivity index (χ2v) is 14.5. The Morgan fingerprint density at radius 2 is 1.67 bits per heavy atom. The van der Waals surface area contributed by atoms with Crippen molar-refractivity contribution in [1.82, 2.24) is 25.4 Å². The van der Waals surface area contributed by atoms with Gasteiger partial charge in [-0.05, 0) is 71.7 Å². The van der Waals surface area contributed by atoms with Gasteiger partial charge in [-0.1, -0.05) is 75.2 Å². The molecule has 11 heteroatoms. The summed E-state index contributed by atoms with van der Waals surface area (Å²) in [6.45, 7) is 8.29. The van der Waals surface area contributed by atoms with Gasteiger partial charge in [-0.2, -0.15) is 0 Å². The van der Waals surface area contributed by atoms with Crippen molar-refractivity contribution in [3.05, 3.63) is 101 Å². The Hall–Kier alpha value is -4.83. The van der Waals surface area contributed by atoms with Crippen molar-refractivity contribution >= 4 is 46.1 Å². The van der Waals surface area contributed by atoms with Crippen LogP contribution in [-0.4, -0.2) is 84.8 Å². The molecular weight excluding hydrogens is 678 g/mol. The molecule has 4 aromatic rings. The van der Waals surface area contributed by atoms with Crippen LogP contribution in [0.3, 0.4) is 0 Å². The molecule has 2 aliphatic heterocycles. The number of carbonyl (C=O) groups excluding carboxylic acids is 4. The van der Waals surface area contributed by atoms with Crippen molar-refractivity contribution in [2.75, 3.05) is 46.4 Å². The number of aromatic nitrogens is 1. The second-order valence-electron chi connectivity index (χ2n) is 14.1. The fourth-order valence-corrected chi connectivity index (χ4v) is 7.13. The molecule has 4 amide bonds. The molecule has 10 nitrogen and oxygen atoms in total. The van der Waals surface area contributed by atoms with E-state index in [1.54, 1.807) is 40.1 Å². The highest BCUT2D eigenvalue weighted by Gasteiger charge is 2.47. The number of likely N-dealkylation sites (N-methyl/N-ethyl adjacent to an activating group) is 1. The minimum Gasteiger partial charge on any atom is -0.493 e. The summed E-state index contributed by atoms with van der Waals surface area (Å²) in [5, 5.41) is 6.76. The number of hydrogen-bond acceptors (Lipinski definition) is 5. The molecule has 3 N–H and O–H groups in total. The zero-order valence-electron chi connectivity index (χ0n) is 30.5. The zero-order chi connectivity index (χ0) is 37.2. The van der Waals surface area contributed by atoms with Crippen LogP contribution in [0.25, 0.3) is 10.9 Å². The average molecular weight is 728 g/mol. The number of halogens is 1. The summed E-state index contributed by atoms with van der Waals surface area (Å²) in [5.41, 5.74) is 3.69. The topological polar surface area (TPSA) is 124 Å². The minimum absolute atomic E-state index is 0.0761. The van der Waals surface area contributed by atoms with Crippen molar-refractivity contribution in [3.63, 3.8) is 0 Å².